The Labute approximate surface area is 102 Å². The third kappa shape index (κ3) is 4.42. The molecule has 1 saturated heterocycles. The van der Waals surface area contributed by atoms with E-state index in [1.54, 1.807) is 0 Å². The van der Waals surface area contributed by atoms with Gasteiger partial charge in [0.25, 0.3) is 0 Å². The molecule has 0 amide bonds. The summed E-state index contributed by atoms with van der Waals surface area (Å²) < 4.78 is 0. The molecule has 2 heteroatoms. The van der Waals surface area contributed by atoms with Gasteiger partial charge in [-0.25, -0.2) is 0 Å². The van der Waals surface area contributed by atoms with Crippen LogP contribution in [0.2, 0.25) is 0 Å². The fourth-order valence-corrected chi connectivity index (χ4v) is 2.51. The molecule has 1 heterocycles. The lowest BCUT2D eigenvalue weighted by Gasteiger charge is -2.28. The van der Waals surface area contributed by atoms with Gasteiger partial charge in [0.2, 0.25) is 0 Å². The molecule has 0 spiro atoms. The second-order valence-electron chi connectivity index (χ2n) is 6.51. The highest BCUT2D eigenvalue weighted by Gasteiger charge is 2.24. The summed E-state index contributed by atoms with van der Waals surface area (Å²) >= 11 is 0. The zero-order chi connectivity index (χ0) is 12.2. The Balaban J connectivity index is 2.20. The van der Waals surface area contributed by atoms with Gasteiger partial charge in [0.15, 0.2) is 0 Å². The first-order valence-corrected chi connectivity index (χ1v) is 6.91. The van der Waals surface area contributed by atoms with Crippen molar-refractivity contribution in [2.24, 2.45) is 17.1 Å². The third-order valence-electron chi connectivity index (χ3n) is 3.94. The van der Waals surface area contributed by atoms with E-state index in [1.807, 2.05) is 0 Å². The van der Waals surface area contributed by atoms with E-state index < -0.39 is 0 Å². The van der Waals surface area contributed by atoms with Crippen LogP contribution < -0.4 is 5.73 Å². The first kappa shape index (κ1) is 14.0. The number of hydrogen-bond acceptors (Lipinski definition) is 2. The van der Waals surface area contributed by atoms with Crippen LogP contribution in [0.3, 0.4) is 0 Å². The summed E-state index contributed by atoms with van der Waals surface area (Å²) in [6.45, 7) is 12.8. The van der Waals surface area contributed by atoms with Crippen molar-refractivity contribution >= 4 is 0 Å². The predicted molar refractivity (Wildman–Crippen MR) is 71.5 cm³/mol. The Kier molecular flexibility index (Phi) is 5.26. The van der Waals surface area contributed by atoms with Crippen molar-refractivity contribution in [1.82, 2.24) is 4.90 Å². The molecule has 1 aliphatic heterocycles. The highest BCUT2D eigenvalue weighted by Crippen LogP contribution is 2.23. The molecule has 1 rings (SSSR count). The minimum Gasteiger partial charge on any atom is -0.327 e. The zero-order valence-corrected chi connectivity index (χ0v) is 11.6. The van der Waals surface area contributed by atoms with E-state index >= 15 is 0 Å². The summed E-state index contributed by atoms with van der Waals surface area (Å²) in [5.41, 5.74) is 6.45. The molecule has 2 nitrogen and oxygen atoms in total. The molecule has 2 atom stereocenters. The molecular formula is C14H30N2. The molecule has 0 radical (unpaired) electrons. The van der Waals surface area contributed by atoms with Gasteiger partial charge in [-0.2, -0.15) is 0 Å². The molecule has 0 aliphatic carbocycles. The average Bonchev–Trinajstić information content (AvgIpc) is 2.61. The van der Waals surface area contributed by atoms with Crippen molar-refractivity contribution in [2.45, 2.75) is 59.4 Å². The van der Waals surface area contributed by atoms with E-state index in [0.717, 1.165) is 12.3 Å². The van der Waals surface area contributed by atoms with Crippen molar-refractivity contribution in [3.8, 4) is 0 Å². The van der Waals surface area contributed by atoms with Gasteiger partial charge in [0.05, 0.1) is 0 Å². The zero-order valence-electron chi connectivity index (χ0n) is 11.6. The normalized spacial score (nSPS) is 24.9. The van der Waals surface area contributed by atoms with Gasteiger partial charge in [-0.1, -0.05) is 34.1 Å². The molecule has 0 aromatic rings. The first-order chi connectivity index (χ1) is 7.43. The van der Waals surface area contributed by atoms with Crippen molar-refractivity contribution in [3.63, 3.8) is 0 Å². The predicted octanol–water partition coefficient (Wildman–Crippen LogP) is 2.87. The van der Waals surface area contributed by atoms with Crippen LogP contribution >= 0.6 is 0 Å². The van der Waals surface area contributed by atoms with E-state index in [1.165, 1.54) is 38.9 Å². The second kappa shape index (κ2) is 6.02. The summed E-state index contributed by atoms with van der Waals surface area (Å²) in [7, 11) is 0. The van der Waals surface area contributed by atoms with Crippen molar-refractivity contribution < 1.29 is 0 Å². The lowest BCUT2D eigenvalue weighted by molar-refractivity contribution is 0.250. The largest absolute Gasteiger partial charge is 0.327 e. The molecule has 0 bridgehead atoms. The minimum absolute atomic E-state index is 0.253. The smallest absolute Gasteiger partial charge is 0.00998 e. The van der Waals surface area contributed by atoms with E-state index in [0.29, 0.717) is 6.04 Å². The third-order valence-corrected chi connectivity index (χ3v) is 3.94. The van der Waals surface area contributed by atoms with Crippen LogP contribution in [-0.4, -0.2) is 30.6 Å². The number of nitrogens with two attached hydrogens (primary N) is 1. The standard InChI is InChI=1S/C14H30N2/c1-5-6-12-7-9-16(11-12)10-8-13(15)14(2,3)4/h12-13H,5-11,15H2,1-4H3. The summed E-state index contributed by atoms with van der Waals surface area (Å²) in [6, 6.07) is 0.331. The number of nitrogens with zero attached hydrogens (tertiary/aromatic N) is 1. The fraction of sp³-hybridized carbons (Fsp3) is 1.00. The van der Waals surface area contributed by atoms with Crippen LogP contribution in [-0.2, 0) is 0 Å². The highest BCUT2D eigenvalue weighted by molar-refractivity contribution is 4.81. The Morgan fingerprint density at radius 3 is 2.62 bits per heavy atom. The van der Waals surface area contributed by atoms with Gasteiger partial charge in [0, 0.05) is 12.6 Å². The summed E-state index contributed by atoms with van der Waals surface area (Å²) in [5.74, 6) is 0.955. The lowest BCUT2D eigenvalue weighted by Crippen LogP contribution is -2.38. The van der Waals surface area contributed by atoms with E-state index in [-0.39, 0.29) is 5.41 Å². The maximum Gasteiger partial charge on any atom is 0.00998 e. The number of likely N-dealkylation sites (tertiary alicyclic amines) is 1. The first-order valence-electron chi connectivity index (χ1n) is 6.91. The molecule has 0 aromatic heterocycles. The van der Waals surface area contributed by atoms with Crippen molar-refractivity contribution in [3.05, 3.63) is 0 Å². The SMILES string of the molecule is CCCC1CCN(CCC(N)C(C)(C)C)C1. The van der Waals surface area contributed by atoms with Crippen LogP contribution in [0.5, 0.6) is 0 Å². The fourth-order valence-electron chi connectivity index (χ4n) is 2.51. The summed E-state index contributed by atoms with van der Waals surface area (Å²) in [5, 5.41) is 0. The molecule has 2 N–H and O–H groups in total. The maximum atomic E-state index is 6.20. The minimum atomic E-state index is 0.253. The molecular weight excluding hydrogens is 196 g/mol. The van der Waals surface area contributed by atoms with Gasteiger partial charge in [-0.3, -0.25) is 0 Å². The van der Waals surface area contributed by atoms with E-state index in [9.17, 15) is 0 Å². The quantitative estimate of drug-likeness (QED) is 0.781. The van der Waals surface area contributed by atoms with E-state index in [4.69, 9.17) is 5.73 Å². The summed E-state index contributed by atoms with van der Waals surface area (Å²) in [6.07, 6.45) is 5.28. The van der Waals surface area contributed by atoms with Crippen molar-refractivity contribution in [1.29, 1.82) is 0 Å². The van der Waals surface area contributed by atoms with Gasteiger partial charge in [-0.15, -0.1) is 0 Å². The molecule has 1 aliphatic rings. The second-order valence-corrected chi connectivity index (χ2v) is 6.51. The topological polar surface area (TPSA) is 29.3 Å². The molecule has 1 fully saturated rings. The number of rotatable bonds is 5. The number of hydrogen-bond donors (Lipinski definition) is 1. The van der Waals surface area contributed by atoms with E-state index in [2.05, 4.69) is 32.6 Å². The molecule has 96 valence electrons. The molecule has 2 unspecified atom stereocenters. The van der Waals surface area contributed by atoms with Crippen LogP contribution in [0.15, 0.2) is 0 Å². The van der Waals surface area contributed by atoms with Gasteiger partial charge < -0.3 is 10.6 Å². The Bertz CT molecular complexity index is 195. The average molecular weight is 226 g/mol. The highest BCUT2D eigenvalue weighted by atomic mass is 15.1. The molecule has 0 saturated carbocycles. The van der Waals surface area contributed by atoms with Crippen LogP contribution in [0.25, 0.3) is 0 Å². The van der Waals surface area contributed by atoms with Crippen LogP contribution in [0.4, 0.5) is 0 Å². The molecule has 0 aromatic carbocycles. The maximum absolute atomic E-state index is 6.20. The van der Waals surface area contributed by atoms with Gasteiger partial charge in [-0.05, 0) is 43.7 Å². The Morgan fingerprint density at radius 2 is 2.06 bits per heavy atom. The monoisotopic (exact) mass is 226 g/mol. The Morgan fingerprint density at radius 1 is 1.38 bits per heavy atom. The van der Waals surface area contributed by atoms with Gasteiger partial charge in [0.1, 0.15) is 0 Å². The van der Waals surface area contributed by atoms with Gasteiger partial charge >= 0.3 is 0 Å². The molecule has 16 heavy (non-hydrogen) atoms. The lowest BCUT2D eigenvalue weighted by atomic mass is 9.85. The Hall–Kier alpha value is -0.0800. The summed E-state index contributed by atoms with van der Waals surface area (Å²) in [4.78, 5) is 2.60. The van der Waals surface area contributed by atoms with Crippen molar-refractivity contribution in [2.75, 3.05) is 19.6 Å². The van der Waals surface area contributed by atoms with Crippen LogP contribution in [0, 0.1) is 11.3 Å². The van der Waals surface area contributed by atoms with Crippen LogP contribution in [0.1, 0.15) is 53.4 Å².